The van der Waals surface area contributed by atoms with Crippen molar-refractivity contribution >= 4 is 16.9 Å². The van der Waals surface area contributed by atoms with Crippen LogP contribution in [-0.4, -0.2) is 31.4 Å². The Morgan fingerprint density at radius 1 is 1.10 bits per heavy atom. The summed E-state index contributed by atoms with van der Waals surface area (Å²) >= 11 is 1.74. The third-order valence-electron chi connectivity index (χ3n) is 5.86. The van der Waals surface area contributed by atoms with Gasteiger partial charge in [-0.15, -0.1) is 0 Å². The van der Waals surface area contributed by atoms with Gasteiger partial charge < -0.3 is 9.47 Å². The molecule has 1 saturated heterocycles. The van der Waals surface area contributed by atoms with Gasteiger partial charge in [-0.25, -0.2) is 0 Å². The highest BCUT2D eigenvalue weighted by Crippen LogP contribution is 2.49. The van der Waals surface area contributed by atoms with Gasteiger partial charge >= 0.3 is 6.18 Å². The first-order valence-corrected chi connectivity index (χ1v) is 11.2. The summed E-state index contributed by atoms with van der Waals surface area (Å²) in [6, 6.07) is 15.1. The van der Waals surface area contributed by atoms with Crippen LogP contribution in [0.4, 0.5) is 13.2 Å². The quantitative estimate of drug-likeness (QED) is 0.507. The average molecular weight is 443 g/mol. The van der Waals surface area contributed by atoms with Crippen LogP contribution in [0.3, 0.4) is 0 Å². The largest absolute Gasteiger partial charge is 0.416 e. The number of alkyl halides is 3. The molecule has 0 unspecified atom stereocenters. The number of halogens is 3. The standard InChI is InChI=1S/C23H21F3N4S/c1-2-16-14-31-22-28-20(18-9-3-4-11-27-18)21(30(16)22)19-10-6-12-29(19)17-8-5-7-15(13-17)23(24,25)26/h3-13,16,20-21H,2,14H2,1H3/t16-,20+,21-/m1/s1. The van der Waals surface area contributed by atoms with E-state index < -0.39 is 11.7 Å². The molecule has 0 radical (unpaired) electrons. The summed E-state index contributed by atoms with van der Waals surface area (Å²) < 4.78 is 41.8. The number of thioether (sulfide) groups is 1. The van der Waals surface area contributed by atoms with E-state index in [-0.39, 0.29) is 12.1 Å². The van der Waals surface area contributed by atoms with Crippen LogP contribution in [0.5, 0.6) is 0 Å². The minimum absolute atomic E-state index is 0.130. The third kappa shape index (κ3) is 3.52. The molecular weight excluding hydrogens is 421 g/mol. The second kappa shape index (κ2) is 7.75. The Morgan fingerprint density at radius 3 is 2.71 bits per heavy atom. The summed E-state index contributed by atoms with van der Waals surface area (Å²) in [7, 11) is 0. The van der Waals surface area contributed by atoms with Crippen LogP contribution >= 0.6 is 11.8 Å². The third-order valence-corrected chi connectivity index (χ3v) is 6.99. The zero-order valence-electron chi connectivity index (χ0n) is 16.8. The van der Waals surface area contributed by atoms with Crippen LogP contribution in [0.25, 0.3) is 5.69 Å². The number of amidine groups is 1. The molecule has 8 heteroatoms. The number of aromatic nitrogens is 2. The molecule has 1 aromatic carbocycles. The molecule has 3 atom stereocenters. The summed E-state index contributed by atoms with van der Waals surface area (Å²) in [6.45, 7) is 2.16. The molecular formula is C23H21F3N4S. The van der Waals surface area contributed by atoms with E-state index in [0.717, 1.165) is 34.8 Å². The molecule has 0 bridgehead atoms. The van der Waals surface area contributed by atoms with E-state index in [1.54, 1.807) is 24.0 Å². The van der Waals surface area contributed by atoms with E-state index in [4.69, 9.17) is 4.99 Å². The number of hydrogen-bond acceptors (Lipinski definition) is 4. The Labute approximate surface area is 182 Å². The van der Waals surface area contributed by atoms with Gasteiger partial charge in [-0.2, -0.15) is 13.2 Å². The predicted octanol–water partition coefficient (Wildman–Crippen LogP) is 5.87. The lowest BCUT2D eigenvalue weighted by molar-refractivity contribution is -0.137. The van der Waals surface area contributed by atoms with Crippen molar-refractivity contribution in [2.45, 2.75) is 37.6 Å². The number of hydrogen-bond donors (Lipinski definition) is 0. The minimum Gasteiger partial charge on any atom is -0.337 e. The van der Waals surface area contributed by atoms with Crippen molar-refractivity contribution in [2.24, 2.45) is 4.99 Å². The maximum absolute atomic E-state index is 13.3. The monoisotopic (exact) mass is 442 g/mol. The van der Waals surface area contributed by atoms with Gasteiger partial charge in [-0.3, -0.25) is 9.98 Å². The van der Waals surface area contributed by atoms with E-state index in [0.29, 0.717) is 11.7 Å². The van der Waals surface area contributed by atoms with Crippen LogP contribution in [0.2, 0.25) is 0 Å². The molecule has 3 aromatic rings. The molecule has 2 aliphatic heterocycles. The van der Waals surface area contributed by atoms with Crippen molar-refractivity contribution in [3.8, 4) is 5.69 Å². The first-order chi connectivity index (χ1) is 15.0. The summed E-state index contributed by atoms with van der Waals surface area (Å²) in [6.07, 6.45) is 0.166. The number of benzene rings is 1. The number of pyridine rings is 1. The first kappa shape index (κ1) is 20.2. The Hall–Kier alpha value is -2.74. The van der Waals surface area contributed by atoms with Gasteiger partial charge in [0.25, 0.3) is 0 Å². The molecule has 160 valence electrons. The van der Waals surface area contributed by atoms with Gasteiger partial charge in [0, 0.05) is 35.6 Å². The number of fused-ring (bicyclic) bond motifs is 1. The lowest BCUT2D eigenvalue weighted by Crippen LogP contribution is -2.36. The highest BCUT2D eigenvalue weighted by atomic mass is 32.2. The topological polar surface area (TPSA) is 33.4 Å². The van der Waals surface area contributed by atoms with E-state index in [1.807, 2.05) is 41.1 Å². The highest BCUT2D eigenvalue weighted by molar-refractivity contribution is 8.14. The number of rotatable bonds is 4. The zero-order valence-corrected chi connectivity index (χ0v) is 17.6. The van der Waals surface area contributed by atoms with Crippen LogP contribution in [0.15, 0.2) is 72.0 Å². The molecule has 31 heavy (non-hydrogen) atoms. The summed E-state index contributed by atoms with van der Waals surface area (Å²) in [5.74, 6) is 0.963. The Bertz CT molecular complexity index is 1110. The molecule has 0 spiro atoms. The van der Waals surface area contributed by atoms with Gasteiger partial charge in [0.05, 0.1) is 11.3 Å². The Morgan fingerprint density at radius 2 is 1.97 bits per heavy atom. The smallest absolute Gasteiger partial charge is 0.337 e. The van der Waals surface area contributed by atoms with E-state index >= 15 is 0 Å². The van der Waals surface area contributed by atoms with Crippen molar-refractivity contribution in [1.29, 1.82) is 0 Å². The second-order valence-corrected chi connectivity index (χ2v) is 8.67. The second-order valence-electron chi connectivity index (χ2n) is 7.69. The molecule has 0 saturated carbocycles. The lowest BCUT2D eigenvalue weighted by atomic mass is 9.99. The molecule has 0 aliphatic carbocycles. The van der Waals surface area contributed by atoms with E-state index in [1.165, 1.54) is 12.1 Å². The van der Waals surface area contributed by atoms with Gasteiger partial charge in [0.2, 0.25) is 0 Å². The fourth-order valence-corrected chi connectivity index (χ4v) is 5.71. The molecule has 4 nitrogen and oxygen atoms in total. The maximum Gasteiger partial charge on any atom is 0.416 e. The fraction of sp³-hybridized carbons (Fsp3) is 0.304. The van der Waals surface area contributed by atoms with Gasteiger partial charge in [-0.05, 0) is 48.9 Å². The SMILES string of the molecule is CC[C@@H]1CSC2=N[C@@H](c3ccccn3)[C@@H](c3cccn3-c3cccc(C(F)(F)F)c3)N21. The molecule has 0 N–H and O–H groups in total. The van der Waals surface area contributed by atoms with Gasteiger partial charge in [0.1, 0.15) is 12.1 Å². The fourth-order valence-electron chi connectivity index (χ4n) is 4.37. The summed E-state index contributed by atoms with van der Waals surface area (Å²) in [5.41, 5.74) is 1.61. The van der Waals surface area contributed by atoms with Crippen molar-refractivity contribution < 1.29 is 13.2 Å². The molecule has 2 aromatic heterocycles. The van der Waals surface area contributed by atoms with Crippen molar-refractivity contribution in [2.75, 3.05) is 5.75 Å². The molecule has 0 amide bonds. The van der Waals surface area contributed by atoms with Crippen molar-refractivity contribution in [1.82, 2.24) is 14.5 Å². The summed E-state index contributed by atoms with van der Waals surface area (Å²) in [4.78, 5) is 11.9. The van der Waals surface area contributed by atoms with Crippen LogP contribution < -0.4 is 0 Å². The average Bonchev–Trinajstić information content (AvgIpc) is 3.48. The van der Waals surface area contributed by atoms with Crippen molar-refractivity contribution in [3.05, 3.63) is 83.9 Å². The molecule has 1 fully saturated rings. The number of aliphatic imine (C=N–C) groups is 1. The minimum atomic E-state index is -4.39. The number of nitrogens with zero attached hydrogens (tertiary/aromatic N) is 4. The first-order valence-electron chi connectivity index (χ1n) is 10.2. The van der Waals surface area contributed by atoms with E-state index in [9.17, 15) is 13.2 Å². The predicted molar refractivity (Wildman–Crippen MR) is 116 cm³/mol. The van der Waals surface area contributed by atoms with E-state index in [2.05, 4.69) is 16.8 Å². The maximum atomic E-state index is 13.3. The van der Waals surface area contributed by atoms with Crippen LogP contribution in [0, 0.1) is 0 Å². The Balaban J connectivity index is 1.61. The summed E-state index contributed by atoms with van der Waals surface area (Å²) in [5, 5.41) is 0.990. The highest BCUT2D eigenvalue weighted by Gasteiger charge is 2.46. The lowest BCUT2D eigenvalue weighted by Gasteiger charge is -2.32. The normalized spacial score (nSPS) is 23.2. The van der Waals surface area contributed by atoms with Gasteiger partial charge in [-0.1, -0.05) is 30.8 Å². The van der Waals surface area contributed by atoms with Gasteiger partial charge in [0.15, 0.2) is 5.17 Å². The Kier molecular flexibility index (Phi) is 5.04. The molecule has 4 heterocycles. The van der Waals surface area contributed by atoms with Crippen LogP contribution in [0.1, 0.15) is 42.4 Å². The van der Waals surface area contributed by atoms with Crippen molar-refractivity contribution in [3.63, 3.8) is 0 Å². The van der Waals surface area contributed by atoms with Crippen LogP contribution in [-0.2, 0) is 6.18 Å². The zero-order chi connectivity index (χ0) is 21.6. The molecule has 5 rings (SSSR count). The molecule has 2 aliphatic rings.